The second-order valence-corrected chi connectivity index (χ2v) is 12.7. The number of fused-ring (bicyclic) bond motifs is 4. The maximum absolute atomic E-state index is 12.1. The average molecular weight is 764 g/mol. The molecule has 0 amide bonds. The van der Waals surface area contributed by atoms with E-state index in [1.165, 1.54) is 19.5 Å². The molecule has 0 fully saturated rings. The molecule has 0 aliphatic rings. The molecule has 0 aliphatic carbocycles. The molecule has 0 atom stereocenters. The van der Waals surface area contributed by atoms with Crippen LogP contribution in [0.15, 0.2) is 97.8 Å². The number of halogens is 2. The minimum Gasteiger partial charge on any atom is -0.870 e. The number of pyridine rings is 4. The van der Waals surface area contributed by atoms with Gasteiger partial charge in [0.15, 0.2) is 0 Å². The Morgan fingerprint density at radius 3 is 1.60 bits per heavy atom. The molecule has 2 N–H and O–H groups in total. The van der Waals surface area contributed by atoms with Gasteiger partial charge in [0, 0.05) is 71.8 Å². The summed E-state index contributed by atoms with van der Waals surface area (Å²) in [5.74, 6) is -1.51. The zero-order valence-electron chi connectivity index (χ0n) is 29.1. The summed E-state index contributed by atoms with van der Waals surface area (Å²) in [5, 5.41) is 13.5. The van der Waals surface area contributed by atoms with Gasteiger partial charge in [-0.15, -0.1) is 0 Å². The number of esters is 1. The molecule has 0 bridgehead atoms. The van der Waals surface area contributed by atoms with Gasteiger partial charge in [-0.25, -0.2) is 29.2 Å². The van der Waals surface area contributed by atoms with Gasteiger partial charge >= 0.3 is 30.8 Å². The SMILES string of the molecule is [C-]#[N+]c1cnc2c(c1)c(C(=O)O)cn2Cc1ccc2ncc(Cl)cc2c1.[C-]#[N+]c1cnc2c(c1)c(C(=O)OC)cn2Cc1ccc2ncc(Cl)cc2c1.[Li+].[OH-]. The van der Waals surface area contributed by atoms with E-state index in [0.717, 1.165) is 32.9 Å². The Morgan fingerprint density at radius 1 is 0.709 bits per heavy atom. The smallest absolute Gasteiger partial charge is 0.870 e. The van der Waals surface area contributed by atoms with Gasteiger partial charge in [0.05, 0.1) is 52.5 Å². The summed E-state index contributed by atoms with van der Waals surface area (Å²) in [7, 11) is 1.33. The third-order valence-electron chi connectivity index (χ3n) is 8.42. The van der Waals surface area contributed by atoms with Crippen LogP contribution >= 0.6 is 23.2 Å². The average Bonchev–Trinajstić information content (AvgIpc) is 3.71. The van der Waals surface area contributed by atoms with Crippen LogP contribution in [-0.4, -0.2) is 58.7 Å². The molecular formula is C39H25Cl2LiN8O5. The van der Waals surface area contributed by atoms with E-state index in [2.05, 4.69) is 29.6 Å². The van der Waals surface area contributed by atoms with Crippen LogP contribution in [0, 0.1) is 13.1 Å². The molecule has 55 heavy (non-hydrogen) atoms. The van der Waals surface area contributed by atoms with Crippen LogP contribution in [0.4, 0.5) is 11.4 Å². The number of carbonyl (C=O) groups is 2. The van der Waals surface area contributed by atoms with Crippen LogP contribution in [0.25, 0.3) is 53.6 Å². The van der Waals surface area contributed by atoms with Crippen molar-refractivity contribution in [3.63, 3.8) is 0 Å². The number of carbonyl (C=O) groups excluding carboxylic acids is 1. The summed E-state index contributed by atoms with van der Waals surface area (Å²) in [5.41, 5.74) is 6.01. The summed E-state index contributed by atoms with van der Waals surface area (Å²) in [4.78, 5) is 47.6. The van der Waals surface area contributed by atoms with Crippen LogP contribution in [0.3, 0.4) is 0 Å². The normalized spacial score (nSPS) is 10.5. The minimum absolute atomic E-state index is 0. The number of ether oxygens (including phenoxy) is 1. The van der Waals surface area contributed by atoms with E-state index in [9.17, 15) is 14.7 Å². The van der Waals surface area contributed by atoms with Gasteiger partial charge in [-0.3, -0.25) is 9.97 Å². The van der Waals surface area contributed by atoms with Crippen LogP contribution in [0.5, 0.6) is 0 Å². The van der Waals surface area contributed by atoms with Crippen molar-refractivity contribution >= 4 is 90.4 Å². The molecule has 0 aliphatic heterocycles. The van der Waals surface area contributed by atoms with Gasteiger partial charge in [-0.1, -0.05) is 35.3 Å². The monoisotopic (exact) mass is 762 g/mol. The van der Waals surface area contributed by atoms with E-state index in [0.29, 0.717) is 62.1 Å². The van der Waals surface area contributed by atoms with E-state index in [4.69, 9.17) is 41.1 Å². The van der Waals surface area contributed by atoms with Gasteiger partial charge in [0.1, 0.15) is 11.3 Å². The van der Waals surface area contributed by atoms with Crippen molar-refractivity contribution in [3.8, 4) is 0 Å². The largest absolute Gasteiger partial charge is 1.00 e. The van der Waals surface area contributed by atoms with Crippen LogP contribution in [0.1, 0.15) is 31.8 Å². The van der Waals surface area contributed by atoms with Crippen LogP contribution < -0.4 is 18.9 Å². The number of hydrogen-bond donors (Lipinski definition) is 1. The first-order chi connectivity index (χ1) is 25.6. The van der Waals surface area contributed by atoms with Crippen molar-refractivity contribution in [2.45, 2.75) is 13.1 Å². The Labute approximate surface area is 334 Å². The molecule has 2 aromatic carbocycles. The Balaban J connectivity index is 0.000000204. The summed E-state index contributed by atoms with van der Waals surface area (Å²) < 4.78 is 8.51. The predicted octanol–water partition coefficient (Wildman–Crippen LogP) is 5.99. The van der Waals surface area contributed by atoms with E-state index in [-0.39, 0.29) is 29.9 Å². The first-order valence-corrected chi connectivity index (χ1v) is 16.5. The van der Waals surface area contributed by atoms with Gasteiger partial charge in [0.25, 0.3) is 0 Å². The quantitative estimate of drug-likeness (QED) is 0.122. The number of aromatic carboxylic acids is 1. The Bertz CT molecular complexity index is 2860. The van der Waals surface area contributed by atoms with Crippen LogP contribution in [0.2, 0.25) is 10.0 Å². The zero-order valence-corrected chi connectivity index (χ0v) is 30.6. The van der Waals surface area contributed by atoms with Crippen molar-refractivity contribution in [1.29, 1.82) is 0 Å². The van der Waals surface area contributed by atoms with Crippen molar-refractivity contribution in [1.82, 2.24) is 29.1 Å². The van der Waals surface area contributed by atoms with Crippen LogP contribution in [-0.2, 0) is 17.8 Å². The van der Waals surface area contributed by atoms with Gasteiger partial charge in [-0.2, -0.15) is 0 Å². The van der Waals surface area contributed by atoms with Gasteiger partial charge in [0.2, 0.25) is 11.4 Å². The Kier molecular flexibility index (Phi) is 12.2. The molecule has 6 aromatic heterocycles. The van der Waals surface area contributed by atoms with E-state index in [1.807, 2.05) is 53.1 Å². The van der Waals surface area contributed by atoms with Crippen molar-refractivity contribution in [2.24, 2.45) is 0 Å². The van der Waals surface area contributed by atoms with Gasteiger partial charge < -0.3 is 24.5 Å². The number of hydrogen-bond acceptors (Lipinski definition) is 8. The molecule has 8 aromatic rings. The molecule has 6 heterocycles. The molecule has 0 saturated carbocycles. The fourth-order valence-electron chi connectivity index (χ4n) is 6.03. The topological polar surface area (TPSA) is 164 Å². The molecule has 0 unspecified atom stereocenters. The van der Waals surface area contributed by atoms with E-state index in [1.54, 1.807) is 41.5 Å². The Hall–Kier alpha value is -6.30. The number of nitrogens with zero attached hydrogens (tertiary/aromatic N) is 8. The minimum atomic E-state index is -1.05. The molecule has 16 heteroatoms. The fraction of sp³-hybridized carbons (Fsp3) is 0.0769. The second kappa shape index (κ2) is 16.8. The summed E-state index contributed by atoms with van der Waals surface area (Å²) >= 11 is 12.0. The third-order valence-corrected chi connectivity index (χ3v) is 8.84. The summed E-state index contributed by atoms with van der Waals surface area (Å²) in [6.45, 7) is 15.2. The van der Waals surface area contributed by atoms with Crippen molar-refractivity contribution in [3.05, 3.63) is 153 Å². The number of carboxylic acids is 1. The van der Waals surface area contributed by atoms with Crippen molar-refractivity contribution in [2.75, 3.05) is 7.11 Å². The Morgan fingerprint density at radius 2 is 1.16 bits per heavy atom. The summed E-state index contributed by atoms with van der Waals surface area (Å²) in [6, 6.07) is 18.6. The number of rotatable bonds is 6. The number of methoxy groups -OCH3 is 1. The first-order valence-electron chi connectivity index (χ1n) is 15.8. The molecule has 0 spiro atoms. The predicted molar refractivity (Wildman–Crippen MR) is 204 cm³/mol. The molecule has 13 nitrogen and oxygen atoms in total. The van der Waals surface area contributed by atoms with E-state index < -0.39 is 11.9 Å². The fourth-order valence-corrected chi connectivity index (χ4v) is 6.36. The standard InChI is InChI=1S/C20H13ClN4O2.C19H11ClN4O2.Li.H2O/c1-22-15-7-16-17(20(26)27-2)11-25(19(16)24-9-15)10-12-3-4-18-13(5-12)6-14(21)8-23-18;1-21-14-6-15-16(19(25)26)10-24(18(15)23-8-14)9-11-2-3-17-12(4-11)5-13(20)7-22-17;;/h3-9,11H,10H2,2H3;2-8,10H,9H2,(H,25,26);;1H2/q;;+1;/p-1. The number of aromatic nitrogens is 6. The summed E-state index contributed by atoms with van der Waals surface area (Å²) in [6.07, 6.45) is 9.41. The molecule has 266 valence electrons. The molecular weight excluding hydrogens is 738 g/mol. The molecule has 0 radical (unpaired) electrons. The number of benzene rings is 2. The first kappa shape index (κ1) is 39.9. The van der Waals surface area contributed by atoms with Crippen molar-refractivity contribution < 1.29 is 43.8 Å². The number of carboxylic acid groups (broad SMARTS) is 1. The maximum atomic E-state index is 12.1. The molecule has 8 rings (SSSR count). The molecule has 0 saturated heterocycles. The van der Waals surface area contributed by atoms with E-state index >= 15 is 0 Å². The third kappa shape index (κ3) is 8.28. The zero-order chi connectivity index (χ0) is 37.2. The van der Waals surface area contributed by atoms with Gasteiger partial charge in [-0.05, 0) is 59.7 Å². The second-order valence-electron chi connectivity index (χ2n) is 11.9. The maximum Gasteiger partial charge on any atom is 1.00 e.